The third kappa shape index (κ3) is 12.9. The molecule has 0 unspecified atom stereocenters. The third-order valence-electron chi connectivity index (χ3n) is 4.55. The second-order valence-electron chi connectivity index (χ2n) is 6.73. The van der Waals surface area contributed by atoms with E-state index in [1.54, 1.807) is 13.8 Å². The van der Waals surface area contributed by atoms with Gasteiger partial charge in [-0.05, 0) is 25.7 Å². The molecule has 0 aromatic heterocycles. The Balaban J connectivity index is -0.00000121. The van der Waals surface area contributed by atoms with E-state index in [1.165, 1.54) is 0 Å². The summed E-state index contributed by atoms with van der Waals surface area (Å²) < 4.78 is 4.70. The number of carboxylic acids is 1. The normalized spacial score (nSPS) is 12.2. The molecule has 2 atom stereocenters. The molecule has 162 valence electrons. The van der Waals surface area contributed by atoms with Gasteiger partial charge in [0.05, 0.1) is 11.6 Å². The summed E-state index contributed by atoms with van der Waals surface area (Å²) in [7, 11) is 0. The van der Waals surface area contributed by atoms with Gasteiger partial charge in [-0.1, -0.05) is 39.5 Å². The van der Waals surface area contributed by atoms with Crippen molar-refractivity contribution < 1.29 is 31.9 Å². The van der Waals surface area contributed by atoms with Gasteiger partial charge in [0.25, 0.3) is 0 Å². The summed E-state index contributed by atoms with van der Waals surface area (Å²) in [6, 6.07) is 0. The number of carbonyl (C=O) groups excluding carboxylic acids is 3. The number of carboxylic acid groups (broad SMARTS) is 1. The van der Waals surface area contributed by atoms with Gasteiger partial charge in [0.1, 0.15) is 5.92 Å². The number of ketones is 1. The molecule has 0 radical (unpaired) electrons. The van der Waals surface area contributed by atoms with E-state index >= 15 is 0 Å². The Labute approximate surface area is 205 Å². The summed E-state index contributed by atoms with van der Waals surface area (Å²) in [5, 5.41) is 23.7. The Hall–Kier alpha value is -1.12. The zero-order valence-corrected chi connectivity index (χ0v) is 19.7. The average Bonchev–Trinajstić information content (AvgIpc) is 2.64. The van der Waals surface area contributed by atoms with Crippen molar-refractivity contribution in [2.75, 3.05) is 0 Å². The molecule has 0 amide bonds. The van der Waals surface area contributed by atoms with Gasteiger partial charge in [0.15, 0.2) is 5.78 Å². The van der Waals surface area contributed by atoms with Crippen molar-refractivity contribution in [1.29, 1.82) is 10.8 Å². The predicted octanol–water partition coefficient (Wildman–Crippen LogP) is 3.40. The number of esters is 2. The van der Waals surface area contributed by atoms with E-state index in [1.807, 2.05) is 0 Å². The molecule has 0 heterocycles. The van der Waals surface area contributed by atoms with Gasteiger partial charge in [0, 0.05) is 19.1 Å². The zero-order valence-electron chi connectivity index (χ0n) is 19.5. The maximum absolute atomic E-state index is 11.9. The van der Waals surface area contributed by atoms with Crippen LogP contribution in [0.2, 0.25) is 0 Å². The van der Waals surface area contributed by atoms with Crippen LogP contribution in [0.1, 0.15) is 80.9 Å². The number of ether oxygens (including phenoxy) is 1. The van der Waals surface area contributed by atoms with Crippen LogP contribution >= 0.6 is 0 Å². The Bertz CT molecular complexity index is 590. The summed E-state index contributed by atoms with van der Waals surface area (Å²) in [5.41, 5.74) is -0.323. The molecule has 0 aliphatic rings. The van der Waals surface area contributed by atoms with Crippen molar-refractivity contribution >= 4 is 73.4 Å². The summed E-state index contributed by atoms with van der Waals surface area (Å²) in [5.74, 6) is -4.48. The second kappa shape index (κ2) is 17.7. The van der Waals surface area contributed by atoms with Gasteiger partial charge in [-0.2, -0.15) is 0 Å². The third-order valence-corrected chi connectivity index (χ3v) is 4.55. The molecule has 29 heavy (non-hydrogen) atoms. The molecule has 0 saturated carbocycles. The number of rotatable bonds is 16. The summed E-state index contributed by atoms with van der Waals surface area (Å²) >= 11 is 0. The fraction of sp³-hybridized carbons (Fsp3) is 0.700. The average molecular weight is 439 g/mol. The number of nitrogens with one attached hydrogen (secondary N) is 2. The van der Waals surface area contributed by atoms with Gasteiger partial charge in [-0.25, -0.2) is 0 Å². The number of hydrogen-bond donors (Lipinski definition) is 3. The molecule has 0 saturated heterocycles. The number of Topliss-reactive ketones (excluding diaryl/α,β-unsaturated/α-hetero) is 1. The number of aliphatic carboxylic acids is 1. The van der Waals surface area contributed by atoms with E-state index in [-0.39, 0.29) is 65.6 Å². The van der Waals surface area contributed by atoms with E-state index in [2.05, 4.69) is 0 Å². The van der Waals surface area contributed by atoms with Crippen LogP contribution in [0.15, 0.2) is 0 Å². The number of unbranched alkanes of at least 4 members (excludes halogenated alkanes) is 5. The monoisotopic (exact) mass is 438 g/mol. The van der Waals surface area contributed by atoms with Crippen LogP contribution in [0.5, 0.6) is 0 Å². The molecule has 0 aliphatic heterocycles. The molecule has 0 spiro atoms. The molecule has 0 aliphatic carbocycles. The maximum atomic E-state index is 11.9. The van der Waals surface area contributed by atoms with E-state index in [4.69, 9.17) is 20.7 Å². The van der Waals surface area contributed by atoms with Crippen molar-refractivity contribution in [2.24, 2.45) is 11.8 Å². The van der Waals surface area contributed by atoms with Crippen molar-refractivity contribution in [2.45, 2.75) is 78.1 Å². The number of hydrogen-bond acceptors (Lipinski definition) is 7. The van der Waals surface area contributed by atoms with E-state index < -0.39 is 35.5 Å². The zero-order chi connectivity index (χ0) is 21.5. The number of carbonyl (C=O) groups is 4. The first kappa shape index (κ1) is 30.1. The molecule has 0 rings (SSSR count). The molecular weight excluding hydrogens is 404 g/mol. The van der Waals surface area contributed by atoms with Crippen LogP contribution in [-0.2, 0) is 23.9 Å². The van der Waals surface area contributed by atoms with Crippen LogP contribution in [0.25, 0.3) is 0 Å². The Morgan fingerprint density at radius 2 is 1.48 bits per heavy atom. The van der Waals surface area contributed by atoms with E-state index in [9.17, 15) is 19.2 Å². The Morgan fingerprint density at radius 3 is 1.93 bits per heavy atom. The largest absolute Gasteiger partial charge is 2.00 e. The molecule has 9 heteroatoms. The summed E-state index contributed by atoms with van der Waals surface area (Å²) in [6.45, 7) is 3.38. The predicted molar refractivity (Wildman–Crippen MR) is 113 cm³/mol. The SMILES string of the molecule is CC[C@H](C(=N)C(=O)CCCCCCCCC(=O)OC(=O)[C@@H](C=N)CC)C(=O)O.[Ca+2].[H-].[H-]. The van der Waals surface area contributed by atoms with Crippen LogP contribution in [-0.4, -0.2) is 78.5 Å². The van der Waals surface area contributed by atoms with Gasteiger partial charge >= 0.3 is 55.6 Å². The van der Waals surface area contributed by atoms with Crippen LogP contribution < -0.4 is 0 Å². The van der Waals surface area contributed by atoms with E-state index in [0.29, 0.717) is 19.3 Å². The molecule has 3 N–H and O–H groups in total. The van der Waals surface area contributed by atoms with Gasteiger partial charge in [-0.3, -0.25) is 19.2 Å². The maximum Gasteiger partial charge on any atom is 2.00 e. The molecule has 0 aromatic rings. The fourth-order valence-corrected chi connectivity index (χ4v) is 2.68. The van der Waals surface area contributed by atoms with Crippen molar-refractivity contribution in [3.63, 3.8) is 0 Å². The van der Waals surface area contributed by atoms with Gasteiger partial charge < -0.3 is 23.5 Å². The van der Waals surface area contributed by atoms with Gasteiger partial charge in [0.2, 0.25) is 0 Å². The minimum atomic E-state index is -1.14. The first-order valence-electron chi connectivity index (χ1n) is 9.87. The quantitative estimate of drug-likeness (QED) is 0.111. The van der Waals surface area contributed by atoms with Crippen LogP contribution in [0.3, 0.4) is 0 Å². The minimum Gasteiger partial charge on any atom is -1.00 e. The minimum absolute atomic E-state index is 0. The molecule has 0 aromatic carbocycles. The fourth-order valence-electron chi connectivity index (χ4n) is 2.68. The standard InChI is InChI=1S/C20H32N2O6.Ca.2H/c1-3-14(13-21)20(27)28-17(24)12-10-8-6-5-7-9-11-16(23)18(22)15(4-2)19(25)26;;;/h13-15,21-22H,3-12H2,1-2H3,(H,25,26);;;/q;+2;2*-1/t14-,15-;;;/m1.../s1. The first-order valence-corrected chi connectivity index (χ1v) is 9.87. The topological polar surface area (TPSA) is 145 Å². The van der Waals surface area contributed by atoms with Crippen LogP contribution in [0, 0.1) is 22.7 Å². The molecule has 8 nitrogen and oxygen atoms in total. The second-order valence-corrected chi connectivity index (χ2v) is 6.73. The first-order chi connectivity index (χ1) is 13.3. The van der Waals surface area contributed by atoms with Crippen molar-refractivity contribution in [3.05, 3.63) is 0 Å². The van der Waals surface area contributed by atoms with E-state index in [0.717, 1.165) is 31.9 Å². The molecule has 0 bridgehead atoms. The summed E-state index contributed by atoms with van der Waals surface area (Å²) in [4.78, 5) is 46.0. The van der Waals surface area contributed by atoms with Crippen molar-refractivity contribution in [1.82, 2.24) is 0 Å². The smallest absolute Gasteiger partial charge is 1.00 e. The van der Waals surface area contributed by atoms with Crippen molar-refractivity contribution in [3.8, 4) is 0 Å². The van der Waals surface area contributed by atoms with Gasteiger partial charge in [-0.15, -0.1) is 0 Å². The molecule has 0 fully saturated rings. The Kier molecular flexibility index (Phi) is 18.4. The summed E-state index contributed by atoms with van der Waals surface area (Å²) in [6.07, 6.45) is 6.52. The molecular formula is C20H34CaN2O6. The Morgan fingerprint density at radius 1 is 0.966 bits per heavy atom. The van der Waals surface area contributed by atoms with Crippen LogP contribution in [0.4, 0.5) is 0 Å².